The van der Waals surface area contributed by atoms with E-state index in [-0.39, 0.29) is 5.88 Å². The molecule has 0 spiro atoms. The zero-order valence-electron chi connectivity index (χ0n) is 36.7. The van der Waals surface area contributed by atoms with Crippen LogP contribution < -0.4 is 14.9 Å². The highest BCUT2D eigenvalue weighted by Crippen LogP contribution is 2.42. The molecule has 7 aromatic carbocycles. The molecule has 11 heteroatoms. The van der Waals surface area contributed by atoms with Crippen molar-refractivity contribution in [2.75, 3.05) is 19.1 Å². The molecule has 0 aliphatic carbocycles. The number of benzene rings is 7. The Hall–Kier alpha value is -5.56. The van der Waals surface area contributed by atoms with Crippen LogP contribution >= 0.6 is 23.5 Å². The minimum absolute atomic E-state index is 0.240. The third-order valence-electron chi connectivity index (χ3n) is 12.3. The maximum atomic E-state index is 12.5. The third-order valence-corrected chi connectivity index (χ3v) is 16.2. The van der Waals surface area contributed by atoms with Gasteiger partial charge < -0.3 is 19.5 Å². The largest absolute Gasteiger partial charge is 0.493 e. The van der Waals surface area contributed by atoms with Gasteiger partial charge in [-0.05, 0) is 137 Å². The lowest BCUT2D eigenvalue weighted by Gasteiger charge is -2.21. The van der Waals surface area contributed by atoms with E-state index in [9.17, 15) is 8.42 Å². The minimum Gasteiger partial charge on any atom is -0.493 e. The summed E-state index contributed by atoms with van der Waals surface area (Å²) in [6, 6.07) is 49.3. The van der Waals surface area contributed by atoms with Crippen LogP contribution in [-0.4, -0.2) is 50.4 Å². The zero-order chi connectivity index (χ0) is 45.1. The number of hydrogen-bond acceptors (Lipinski definition) is 9. The van der Waals surface area contributed by atoms with E-state index in [0.29, 0.717) is 22.9 Å². The first kappa shape index (κ1) is 44.6. The van der Waals surface area contributed by atoms with Gasteiger partial charge in [-0.1, -0.05) is 127 Å². The summed E-state index contributed by atoms with van der Waals surface area (Å²) in [7, 11) is -4.81. The van der Waals surface area contributed by atoms with Gasteiger partial charge in [0.2, 0.25) is 0 Å². The third kappa shape index (κ3) is 10.3. The first-order valence-electron chi connectivity index (χ1n) is 21.9. The number of aryl methyl sites for hydroxylation is 1. The van der Waals surface area contributed by atoms with Gasteiger partial charge in [-0.3, -0.25) is 4.99 Å². The van der Waals surface area contributed by atoms with Crippen molar-refractivity contribution in [3.63, 3.8) is 0 Å². The highest BCUT2D eigenvalue weighted by atomic mass is 32.2. The molecule has 0 radical (unpaired) electrons. The molecule has 328 valence electrons. The van der Waals surface area contributed by atoms with E-state index in [1.54, 1.807) is 42.1 Å². The van der Waals surface area contributed by atoms with Gasteiger partial charge in [-0.15, -0.1) is 0 Å². The monoisotopic (exact) mass is 915 g/mol. The Morgan fingerprint density at radius 3 is 1.78 bits per heavy atom. The van der Waals surface area contributed by atoms with Crippen LogP contribution in [-0.2, 0) is 35.5 Å². The Morgan fingerprint density at radius 1 is 0.631 bits per heavy atom. The summed E-state index contributed by atoms with van der Waals surface area (Å²) in [5, 5.41) is 17.7. The van der Waals surface area contributed by atoms with Gasteiger partial charge in [0, 0.05) is 44.1 Å². The van der Waals surface area contributed by atoms with E-state index in [1.165, 1.54) is 58.5 Å². The number of rotatable bonds is 7. The lowest BCUT2D eigenvalue weighted by molar-refractivity contribution is 0.356. The molecule has 0 fully saturated rings. The first-order chi connectivity index (χ1) is 31.5. The van der Waals surface area contributed by atoms with E-state index in [4.69, 9.17) is 19.5 Å². The summed E-state index contributed by atoms with van der Waals surface area (Å²) in [6.07, 6.45) is 3.82. The molecular weight excluding hydrogens is 866 g/mol. The van der Waals surface area contributed by atoms with Gasteiger partial charge in [0.05, 0.1) is 18.1 Å². The first-order valence-corrected chi connectivity index (χ1v) is 25.2. The predicted molar refractivity (Wildman–Crippen MR) is 264 cm³/mol. The van der Waals surface area contributed by atoms with E-state index < -0.39 is 17.0 Å². The van der Waals surface area contributed by atoms with Crippen LogP contribution in [0, 0.1) is 6.92 Å². The topological polar surface area (TPSA) is 105 Å². The number of sulfone groups is 1. The average molecular weight is 916 g/mol. The van der Waals surface area contributed by atoms with E-state index in [1.807, 2.05) is 43.8 Å². The Labute approximate surface area is 391 Å². The summed E-state index contributed by atoms with van der Waals surface area (Å²) in [4.78, 5) is 10.0. The molecule has 4 aliphatic rings. The second kappa shape index (κ2) is 19.5. The van der Waals surface area contributed by atoms with Gasteiger partial charge >= 0.3 is 7.12 Å². The van der Waals surface area contributed by atoms with Crippen molar-refractivity contribution in [3.8, 4) is 11.5 Å². The SMILES string of the molecule is CC(=NCS(=O)(=O)c1ccc(C)cc1)c1ccc2c(c1)Cc1ccccc1S2.CC(c1ccc2c(c1)CCO2)c1ccc2c(c1)Cc1ccccc1S2.OB(O)c1ccc2c(c1)CCO2. The number of nitrogens with zero attached hydrogens (tertiary/aromatic N) is 1. The molecule has 0 amide bonds. The number of ether oxygens (including phenoxy) is 2. The standard InChI is InChI=1S/C23H21NO2S2.C23H20OS.C8H9BO3/c1-16-7-10-21(11-8-16)28(25,26)15-24-17(2)18-9-12-23-20(13-18)14-19-5-3-4-6-22(19)27-23;1-15(16-6-8-21-18(12-16)10-11-24-21)17-7-9-23-20(13-17)14-19-4-2-3-5-22(19)25-23;10-9(11)7-1-2-8-6(5-7)3-4-12-8/h3-13H,14-15H2,1-2H3;2-9,12-13,15H,10-11,14H2,1H3;1-2,5,10-11H,3-4H2. The summed E-state index contributed by atoms with van der Waals surface area (Å²) >= 11 is 3.68. The summed E-state index contributed by atoms with van der Waals surface area (Å²) < 4.78 is 36.0. The molecule has 4 heterocycles. The Kier molecular flexibility index (Phi) is 13.4. The van der Waals surface area contributed by atoms with Crippen molar-refractivity contribution >= 4 is 51.7 Å². The predicted octanol–water partition coefficient (Wildman–Crippen LogP) is 10.4. The second-order valence-corrected chi connectivity index (χ2v) is 20.9. The van der Waals surface area contributed by atoms with Crippen molar-refractivity contribution in [3.05, 3.63) is 201 Å². The van der Waals surface area contributed by atoms with Crippen LogP contribution in [0.3, 0.4) is 0 Å². The second-order valence-electron chi connectivity index (χ2n) is 16.8. The van der Waals surface area contributed by atoms with Crippen molar-refractivity contribution in [2.24, 2.45) is 4.99 Å². The normalized spacial score (nSPS) is 14.5. The molecule has 11 rings (SSSR count). The Bertz CT molecular complexity index is 3020. The fourth-order valence-corrected chi connectivity index (χ4v) is 11.6. The molecule has 7 nitrogen and oxygen atoms in total. The molecule has 2 N–H and O–H groups in total. The molecule has 65 heavy (non-hydrogen) atoms. The molecule has 0 aromatic heterocycles. The molecule has 7 aromatic rings. The summed E-state index contributed by atoms with van der Waals surface area (Å²) in [6.45, 7) is 7.63. The van der Waals surface area contributed by atoms with Crippen LogP contribution in [0.4, 0.5) is 0 Å². The van der Waals surface area contributed by atoms with Crippen molar-refractivity contribution < 1.29 is 27.9 Å². The number of aliphatic imine (C=N–C) groups is 1. The number of hydrogen-bond donors (Lipinski definition) is 2. The lowest BCUT2D eigenvalue weighted by atomic mass is 9.79. The molecule has 0 saturated heterocycles. The Balaban J connectivity index is 0.000000132. The van der Waals surface area contributed by atoms with Crippen LogP contribution in [0.25, 0.3) is 0 Å². The van der Waals surface area contributed by atoms with E-state index in [0.717, 1.165) is 66.2 Å². The van der Waals surface area contributed by atoms with E-state index in [2.05, 4.69) is 109 Å². The van der Waals surface area contributed by atoms with Gasteiger partial charge in [0.1, 0.15) is 17.4 Å². The highest BCUT2D eigenvalue weighted by molar-refractivity contribution is 7.99. The van der Waals surface area contributed by atoms with Gasteiger partial charge in [0.15, 0.2) is 9.84 Å². The zero-order valence-corrected chi connectivity index (χ0v) is 39.1. The van der Waals surface area contributed by atoms with Crippen LogP contribution in [0.2, 0.25) is 0 Å². The van der Waals surface area contributed by atoms with Gasteiger partial charge in [-0.2, -0.15) is 0 Å². The van der Waals surface area contributed by atoms with Crippen molar-refractivity contribution in [2.45, 2.75) is 76.8 Å². The summed E-state index contributed by atoms with van der Waals surface area (Å²) in [5.74, 6) is 2.09. The minimum atomic E-state index is -3.43. The maximum Gasteiger partial charge on any atom is 0.488 e. The van der Waals surface area contributed by atoms with E-state index >= 15 is 0 Å². The van der Waals surface area contributed by atoms with Crippen LogP contribution in [0.1, 0.15) is 75.4 Å². The quantitative estimate of drug-likeness (QED) is 0.120. The van der Waals surface area contributed by atoms with Crippen molar-refractivity contribution in [1.82, 2.24) is 0 Å². The van der Waals surface area contributed by atoms with Crippen LogP contribution in [0.15, 0.2) is 175 Å². The molecule has 1 unspecified atom stereocenters. The van der Waals surface area contributed by atoms with Gasteiger partial charge in [0.25, 0.3) is 0 Å². The molecule has 0 bridgehead atoms. The summed E-state index contributed by atoms with van der Waals surface area (Å²) in [5.41, 5.74) is 14.0. The average Bonchev–Trinajstić information content (AvgIpc) is 4.01. The fraction of sp³-hybridized carbons (Fsp3) is 0.204. The van der Waals surface area contributed by atoms with Crippen LogP contribution in [0.5, 0.6) is 11.5 Å². The molecule has 1 atom stereocenters. The number of fused-ring (bicyclic) bond motifs is 6. The Morgan fingerprint density at radius 2 is 1.15 bits per heavy atom. The highest BCUT2D eigenvalue weighted by Gasteiger charge is 2.21. The lowest BCUT2D eigenvalue weighted by Crippen LogP contribution is -2.29. The fourth-order valence-electron chi connectivity index (χ4n) is 8.42. The molecule has 0 saturated carbocycles. The molecular formula is C54H50BNO6S3. The van der Waals surface area contributed by atoms with Gasteiger partial charge in [-0.25, -0.2) is 8.42 Å². The maximum absolute atomic E-state index is 12.5. The van der Waals surface area contributed by atoms with Crippen molar-refractivity contribution in [1.29, 1.82) is 0 Å². The smallest absolute Gasteiger partial charge is 0.488 e. The molecule has 4 aliphatic heterocycles.